The van der Waals surface area contributed by atoms with Crippen molar-refractivity contribution >= 4 is 11.6 Å². The molecule has 1 aromatic rings. The number of hydrogen-bond acceptors (Lipinski definition) is 4. The van der Waals surface area contributed by atoms with Gasteiger partial charge in [-0.2, -0.15) is 0 Å². The molecule has 0 aliphatic heterocycles. The molecule has 4 N–H and O–H groups in total. The number of aromatic nitrogens is 2. The summed E-state index contributed by atoms with van der Waals surface area (Å²) in [5.74, 6) is 2.15. The standard InChI is InChI=1S/C11H22N4O/c1-4-9(5-2)15(6-7-16)11-10(12)13-8(3)14-11/h9,16H,4-7,12H2,1-3H3,(H,13,14). The Kier molecular flexibility index (Phi) is 4.61. The van der Waals surface area contributed by atoms with Crippen molar-refractivity contribution in [2.24, 2.45) is 0 Å². The molecule has 0 saturated heterocycles. The van der Waals surface area contributed by atoms with Gasteiger partial charge in [0.1, 0.15) is 11.6 Å². The number of H-pyrrole nitrogens is 1. The van der Waals surface area contributed by atoms with E-state index < -0.39 is 0 Å². The number of hydrogen-bond donors (Lipinski definition) is 3. The van der Waals surface area contributed by atoms with E-state index in [1.54, 1.807) is 0 Å². The van der Waals surface area contributed by atoms with Gasteiger partial charge >= 0.3 is 0 Å². The number of aliphatic hydroxyl groups excluding tert-OH is 1. The lowest BCUT2D eigenvalue weighted by molar-refractivity contribution is 0.295. The van der Waals surface area contributed by atoms with Crippen LogP contribution in [0, 0.1) is 6.92 Å². The van der Waals surface area contributed by atoms with Gasteiger partial charge in [-0.05, 0) is 19.8 Å². The summed E-state index contributed by atoms with van der Waals surface area (Å²) < 4.78 is 0. The van der Waals surface area contributed by atoms with Gasteiger partial charge in [-0.3, -0.25) is 0 Å². The molecule has 0 spiro atoms. The number of aryl methyl sites for hydroxylation is 1. The van der Waals surface area contributed by atoms with E-state index >= 15 is 0 Å². The molecule has 0 atom stereocenters. The van der Waals surface area contributed by atoms with E-state index in [2.05, 4.69) is 28.7 Å². The lowest BCUT2D eigenvalue weighted by atomic mass is 10.1. The van der Waals surface area contributed by atoms with Gasteiger partial charge in [-0.25, -0.2) is 4.98 Å². The summed E-state index contributed by atoms with van der Waals surface area (Å²) in [7, 11) is 0. The fourth-order valence-corrected chi connectivity index (χ4v) is 2.02. The first-order valence-electron chi connectivity index (χ1n) is 5.83. The van der Waals surface area contributed by atoms with Crippen molar-refractivity contribution in [2.45, 2.75) is 39.7 Å². The van der Waals surface area contributed by atoms with Crippen LogP contribution in [-0.4, -0.2) is 34.3 Å². The first-order valence-corrected chi connectivity index (χ1v) is 5.83. The molecule has 0 bridgehead atoms. The van der Waals surface area contributed by atoms with Crippen LogP contribution in [0.25, 0.3) is 0 Å². The number of aromatic amines is 1. The van der Waals surface area contributed by atoms with Crippen molar-refractivity contribution in [3.8, 4) is 0 Å². The van der Waals surface area contributed by atoms with Gasteiger partial charge in [0.15, 0.2) is 5.82 Å². The summed E-state index contributed by atoms with van der Waals surface area (Å²) >= 11 is 0. The number of nitrogen functional groups attached to an aromatic ring is 1. The summed E-state index contributed by atoms with van der Waals surface area (Å²) in [6.45, 7) is 6.83. The van der Waals surface area contributed by atoms with Crippen molar-refractivity contribution in [3.63, 3.8) is 0 Å². The molecule has 1 aromatic heterocycles. The maximum atomic E-state index is 9.12. The van der Waals surface area contributed by atoms with Gasteiger partial charge in [0.25, 0.3) is 0 Å². The highest BCUT2D eigenvalue weighted by atomic mass is 16.3. The van der Waals surface area contributed by atoms with Crippen LogP contribution in [-0.2, 0) is 0 Å². The van der Waals surface area contributed by atoms with Crippen LogP contribution in [0.5, 0.6) is 0 Å². The van der Waals surface area contributed by atoms with Gasteiger partial charge in [0.2, 0.25) is 0 Å². The Bertz CT molecular complexity index is 320. The molecule has 1 rings (SSSR count). The topological polar surface area (TPSA) is 78.2 Å². The predicted molar refractivity (Wildman–Crippen MR) is 66.5 cm³/mol. The number of nitrogens with zero attached hydrogens (tertiary/aromatic N) is 2. The Balaban J connectivity index is 2.96. The van der Waals surface area contributed by atoms with Crippen LogP contribution in [0.3, 0.4) is 0 Å². The van der Waals surface area contributed by atoms with Gasteiger partial charge in [-0.15, -0.1) is 0 Å². The van der Waals surface area contributed by atoms with Crippen molar-refractivity contribution < 1.29 is 5.11 Å². The summed E-state index contributed by atoms with van der Waals surface area (Å²) in [5, 5.41) is 9.12. The normalized spacial score (nSPS) is 11.1. The van der Waals surface area contributed by atoms with Crippen LogP contribution >= 0.6 is 0 Å². The van der Waals surface area contributed by atoms with Gasteiger partial charge < -0.3 is 20.7 Å². The summed E-state index contributed by atoms with van der Waals surface area (Å²) in [6, 6.07) is 0.372. The predicted octanol–water partition coefficient (Wildman–Crippen LogP) is 1.29. The second-order valence-electron chi connectivity index (χ2n) is 3.95. The quantitative estimate of drug-likeness (QED) is 0.683. The Morgan fingerprint density at radius 1 is 1.44 bits per heavy atom. The van der Waals surface area contributed by atoms with Gasteiger partial charge in [-0.1, -0.05) is 13.8 Å². The Morgan fingerprint density at radius 2 is 2.06 bits per heavy atom. The Hall–Kier alpha value is -1.23. The van der Waals surface area contributed by atoms with Crippen LogP contribution in [0.1, 0.15) is 32.5 Å². The number of nitrogens with one attached hydrogen (secondary N) is 1. The number of anilines is 2. The highest BCUT2D eigenvalue weighted by molar-refractivity contribution is 5.59. The number of nitrogens with two attached hydrogens (primary N) is 1. The lowest BCUT2D eigenvalue weighted by Crippen LogP contribution is -2.37. The largest absolute Gasteiger partial charge is 0.395 e. The number of imidazole rings is 1. The second kappa shape index (κ2) is 5.75. The van der Waals surface area contributed by atoms with Gasteiger partial charge in [0.05, 0.1) is 6.61 Å². The molecule has 5 heteroatoms. The zero-order valence-corrected chi connectivity index (χ0v) is 10.3. The Morgan fingerprint density at radius 3 is 2.44 bits per heavy atom. The second-order valence-corrected chi connectivity index (χ2v) is 3.95. The van der Waals surface area contributed by atoms with E-state index in [9.17, 15) is 0 Å². The van der Waals surface area contributed by atoms with Crippen molar-refractivity contribution in [3.05, 3.63) is 5.82 Å². The Labute approximate surface area is 96.7 Å². The summed E-state index contributed by atoms with van der Waals surface area (Å²) in [6.07, 6.45) is 2.03. The third-order valence-corrected chi connectivity index (χ3v) is 2.83. The van der Waals surface area contributed by atoms with Gasteiger partial charge in [0, 0.05) is 12.6 Å². The SMILES string of the molecule is CCC(CC)N(CCO)c1nc(C)[nH]c1N. The highest BCUT2D eigenvalue weighted by Gasteiger charge is 2.20. The van der Waals surface area contributed by atoms with E-state index in [4.69, 9.17) is 10.8 Å². The lowest BCUT2D eigenvalue weighted by Gasteiger charge is -2.30. The molecule has 0 fully saturated rings. The molecular weight excluding hydrogens is 204 g/mol. The third kappa shape index (κ3) is 2.66. The highest BCUT2D eigenvalue weighted by Crippen LogP contribution is 2.24. The fourth-order valence-electron chi connectivity index (χ4n) is 2.02. The number of aliphatic hydroxyl groups is 1. The van der Waals surface area contributed by atoms with Crippen LogP contribution < -0.4 is 10.6 Å². The molecule has 0 aliphatic carbocycles. The molecule has 0 amide bonds. The first kappa shape index (κ1) is 12.8. The number of rotatable bonds is 6. The van der Waals surface area contributed by atoms with E-state index in [0.717, 1.165) is 24.5 Å². The molecule has 92 valence electrons. The maximum absolute atomic E-state index is 9.12. The molecule has 0 aliphatic rings. The molecule has 0 aromatic carbocycles. The first-order chi connectivity index (χ1) is 7.63. The zero-order chi connectivity index (χ0) is 12.1. The summed E-state index contributed by atoms with van der Waals surface area (Å²) in [4.78, 5) is 9.46. The van der Waals surface area contributed by atoms with E-state index in [1.807, 2.05) is 6.92 Å². The van der Waals surface area contributed by atoms with Crippen LogP contribution in [0.15, 0.2) is 0 Å². The smallest absolute Gasteiger partial charge is 0.171 e. The van der Waals surface area contributed by atoms with E-state index in [0.29, 0.717) is 18.4 Å². The van der Waals surface area contributed by atoms with Crippen molar-refractivity contribution in [2.75, 3.05) is 23.8 Å². The van der Waals surface area contributed by atoms with Crippen LogP contribution in [0.2, 0.25) is 0 Å². The average molecular weight is 226 g/mol. The van der Waals surface area contributed by atoms with Crippen LogP contribution in [0.4, 0.5) is 11.6 Å². The van der Waals surface area contributed by atoms with Crippen molar-refractivity contribution in [1.82, 2.24) is 9.97 Å². The third-order valence-electron chi connectivity index (χ3n) is 2.83. The molecule has 5 nitrogen and oxygen atoms in total. The molecular formula is C11H22N4O. The maximum Gasteiger partial charge on any atom is 0.171 e. The molecule has 0 unspecified atom stereocenters. The average Bonchev–Trinajstić information content (AvgIpc) is 2.58. The zero-order valence-electron chi connectivity index (χ0n) is 10.3. The minimum atomic E-state index is 0.113. The molecule has 0 saturated carbocycles. The summed E-state index contributed by atoms with van der Waals surface area (Å²) in [5.41, 5.74) is 5.88. The van der Waals surface area contributed by atoms with E-state index in [1.165, 1.54) is 0 Å². The molecule has 16 heavy (non-hydrogen) atoms. The molecule has 1 heterocycles. The minimum Gasteiger partial charge on any atom is -0.395 e. The van der Waals surface area contributed by atoms with E-state index in [-0.39, 0.29) is 6.61 Å². The minimum absolute atomic E-state index is 0.113. The monoisotopic (exact) mass is 226 g/mol. The molecule has 0 radical (unpaired) electrons. The fraction of sp³-hybridized carbons (Fsp3) is 0.727. The van der Waals surface area contributed by atoms with Crippen molar-refractivity contribution in [1.29, 1.82) is 0 Å².